The Labute approximate surface area is 322 Å². The summed E-state index contributed by atoms with van der Waals surface area (Å²) in [7, 11) is -4.03. The van der Waals surface area contributed by atoms with Crippen molar-refractivity contribution in [2.75, 3.05) is 11.0 Å². The molecule has 57 heavy (non-hydrogen) atoms. The van der Waals surface area contributed by atoms with Crippen LogP contribution in [-0.2, 0) is 40.3 Å². The first-order chi connectivity index (χ1) is 26.9. The van der Waals surface area contributed by atoms with Crippen molar-refractivity contribution in [2.24, 2.45) is 5.92 Å². The molecule has 3 heterocycles. The largest absolute Gasteiger partial charge is 0.346 e. The number of carbonyl (C=O) groups excluding carboxylic acids is 1. The van der Waals surface area contributed by atoms with Gasteiger partial charge in [-0.25, -0.2) is 44.7 Å². The van der Waals surface area contributed by atoms with Gasteiger partial charge in [0.25, 0.3) is 18.8 Å². The molecule has 3 aromatic heterocycles. The van der Waals surface area contributed by atoms with E-state index in [-0.39, 0.29) is 67.3 Å². The lowest BCUT2D eigenvalue weighted by Gasteiger charge is -2.23. The normalized spacial score (nSPS) is 17.7. The topological polar surface area (TPSA) is 137 Å². The van der Waals surface area contributed by atoms with Gasteiger partial charge in [-0.15, -0.1) is 0 Å². The minimum atomic E-state index is -4.03. The van der Waals surface area contributed by atoms with E-state index in [1.165, 1.54) is 12.1 Å². The fourth-order valence-corrected chi connectivity index (χ4v) is 8.31. The number of nitrogens with one attached hydrogen (secondary N) is 2. The lowest BCUT2D eigenvalue weighted by atomic mass is 9.97. The van der Waals surface area contributed by atoms with E-state index in [0.29, 0.717) is 10.7 Å². The molecule has 6 aromatic rings. The van der Waals surface area contributed by atoms with Crippen LogP contribution < -0.4 is 10.0 Å². The van der Waals surface area contributed by atoms with Crippen molar-refractivity contribution in [1.29, 1.82) is 0 Å². The summed E-state index contributed by atoms with van der Waals surface area (Å²) in [4.78, 5) is 23.4. The number of amides is 1. The monoisotopic (exact) mass is 838 g/mol. The van der Waals surface area contributed by atoms with Crippen LogP contribution in [0.5, 0.6) is 0 Å². The average molecular weight is 839 g/mol. The molecule has 1 amide bonds. The fourth-order valence-electron chi connectivity index (χ4n) is 7.57. The first-order valence-corrected chi connectivity index (χ1v) is 19.4. The van der Waals surface area contributed by atoms with Gasteiger partial charge in [0, 0.05) is 23.1 Å². The lowest BCUT2D eigenvalue weighted by Crippen LogP contribution is -2.35. The molecule has 0 spiro atoms. The number of carbonyl (C=O) groups is 1. The summed E-state index contributed by atoms with van der Waals surface area (Å²) in [6.45, 7) is -2.02. The van der Waals surface area contributed by atoms with Gasteiger partial charge in [0.1, 0.15) is 36.1 Å². The van der Waals surface area contributed by atoms with Gasteiger partial charge in [-0.3, -0.25) is 18.9 Å². The highest BCUT2D eigenvalue weighted by molar-refractivity contribution is 7.92. The predicted octanol–water partition coefficient (Wildman–Crippen LogP) is 7.66. The maximum Gasteiger partial charge on any atom is 0.293 e. The van der Waals surface area contributed by atoms with Crippen molar-refractivity contribution in [2.45, 2.75) is 56.7 Å². The van der Waals surface area contributed by atoms with Crippen LogP contribution in [0, 0.1) is 17.6 Å². The van der Waals surface area contributed by atoms with Gasteiger partial charge in [0.15, 0.2) is 5.82 Å². The van der Waals surface area contributed by atoms with Crippen LogP contribution in [0.2, 0.25) is 5.02 Å². The number of rotatable bonds is 12. The first-order valence-electron chi connectivity index (χ1n) is 17.1. The van der Waals surface area contributed by atoms with Gasteiger partial charge in [-0.2, -0.15) is 19.0 Å². The van der Waals surface area contributed by atoms with Crippen molar-refractivity contribution < 1.29 is 48.3 Å². The number of alkyl halides is 6. The molecule has 21 heteroatoms. The van der Waals surface area contributed by atoms with Gasteiger partial charge in [-0.05, 0) is 60.7 Å². The average Bonchev–Trinajstić information content (AvgIpc) is 3.64. The summed E-state index contributed by atoms with van der Waals surface area (Å²) in [5, 5.41) is 10.2. The Balaban J connectivity index is 1.30. The van der Waals surface area contributed by atoms with Crippen molar-refractivity contribution >= 4 is 55.3 Å². The second-order valence-electron chi connectivity index (χ2n) is 13.8. The molecular formula is C36H27ClF8N8O3S. The molecule has 0 saturated heterocycles. The molecule has 0 bridgehead atoms. The molecule has 2 aliphatic rings. The molecule has 2 N–H and O–H groups in total. The lowest BCUT2D eigenvalue weighted by molar-refractivity contribution is -0.123. The number of nitrogens with zero attached hydrogens (tertiary/aromatic N) is 6. The minimum absolute atomic E-state index is 0.00666. The van der Waals surface area contributed by atoms with Crippen LogP contribution in [0.4, 0.5) is 40.9 Å². The summed E-state index contributed by atoms with van der Waals surface area (Å²) in [5.41, 5.74) is -1.82. The number of sulfonamides is 1. The third kappa shape index (κ3) is 7.13. The van der Waals surface area contributed by atoms with Crippen LogP contribution in [0.15, 0.2) is 54.6 Å². The van der Waals surface area contributed by atoms with E-state index in [9.17, 15) is 39.6 Å². The number of hydrogen-bond donors (Lipinski definition) is 2. The molecule has 1 saturated carbocycles. The zero-order chi connectivity index (χ0) is 40.7. The number of aromatic nitrogens is 6. The van der Waals surface area contributed by atoms with Crippen LogP contribution in [0.1, 0.15) is 53.0 Å². The maximum absolute atomic E-state index is 15.4. The van der Waals surface area contributed by atoms with E-state index in [1.54, 1.807) is 24.3 Å². The zero-order valence-corrected chi connectivity index (χ0v) is 30.7. The van der Waals surface area contributed by atoms with Crippen molar-refractivity contribution in [3.63, 3.8) is 0 Å². The molecule has 1 fully saturated rings. The van der Waals surface area contributed by atoms with Crippen LogP contribution in [0.3, 0.4) is 0 Å². The Bertz CT molecular complexity index is 2710. The maximum atomic E-state index is 15.4. The third-order valence-corrected chi connectivity index (χ3v) is 10.7. The molecule has 298 valence electrons. The van der Waals surface area contributed by atoms with Gasteiger partial charge < -0.3 is 5.32 Å². The molecule has 3 atom stereocenters. The third-order valence-electron chi connectivity index (χ3n) is 9.78. The second kappa shape index (κ2) is 13.9. The summed E-state index contributed by atoms with van der Waals surface area (Å²) < 4.78 is 144. The molecule has 0 aliphatic heterocycles. The van der Waals surface area contributed by atoms with Crippen LogP contribution >= 0.6 is 11.6 Å². The van der Waals surface area contributed by atoms with E-state index in [0.717, 1.165) is 23.1 Å². The molecule has 0 radical (unpaired) electrons. The number of benzene rings is 3. The zero-order valence-electron chi connectivity index (χ0n) is 29.1. The van der Waals surface area contributed by atoms with E-state index in [4.69, 9.17) is 21.6 Å². The fraction of sp³-hybridized carbons (Fsp3) is 0.306. The number of halogens is 9. The standard InChI is InChI=1S/C36H27ClF8N8O3S/c1-57(55,56)51-35-28-21(37)7-6-18(32(28)52(50-35)13-25(40)41)29-30(48-23-5-3-2-4-22(23)47-29)24(10-15-8-16(38)11-17(39)9-15)46-26(54)14-53-33-27(31(49-53)34(42)43)19-12-20(19)36(33,44)45/h2-9,11,19-20,24-25,34H,10,12-14H2,1H3,(H,46,54)(H,50,51)/t19-,20+,24?/m0/s1. The highest BCUT2D eigenvalue weighted by Crippen LogP contribution is 2.68. The van der Waals surface area contributed by atoms with Gasteiger partial charge >= 0.3 is 0 Å². The summed E-state index contributed by atoms with van der Waals surface area (Å²) in [5.74, 6) is -8.95. The van der Waals surface area contributed by atoms with Crippen LogP contribution in [-0.4, -0.2) is 56.5 Å². The highest BCUT2D eigenvalue weighted by atomic mass is 35.5. The van der Waals surface area contributed by atoms with Gasteiger partial charge in [0.05, 0.1) is 50.6 Å². The Morgan fingerprint density at radius 3 is 2.30 bits per heavy atom. The van der Waals surface area contributed by atoms with Gasteiger partial charge in [-0.1, -0.05) is 23.7 Å². The molecule has 11 nitrogen and oxygen atoms in total. The Kier molecular flexibility index (Phi) is 9.41. The van der Waals surface area contributed by atoms with Crippen LogP contribution in [0.25, 0.3) is 33.2 Å². The summed E-state index contributed by atoms with van der Waals surface area (Å²) in [6, 6.07) is 10.2. The van der Waals surface area contributed by atoms with E-state index >= 15 is 8.78 Å². The highest BCUT2D eigenvalue weighted by Gasteiger charge is 2.67. The van der Waals surface area contributed by atoms with Crippen molar-refractivity contribution in [3.05, 3.63) is 99.5 Å². The van der Waals surface area contributed by atoms with Crippen molar-refractivity contribution in [3.8, 4) is 11.3 Å². The number of fused-ring (bicyclic) bond motifs is 5. The number of para-hydroxylation sites is 2. The van der Waals surface area contributed by atoms with Crippen molar-refractivity contribution in [1.82, 2.24) is 34.8 Å². The minimum Gasteiger partial charge on any atom is -0.346 e. The first kappa shape index (κ1) is 38.5. The molecule has 1 unspecified atom stereocenters. The summed E-state index contributed by atoms with van der Waals surface area (Å²) >= 11 is 6.53. The quantitative estimate of drug-likeness (QED) is 0.121. The smallest absolute Gasteiger partial charge is 0.293 e. The van der Waals surface area contributed by atoms with Gasteiger partial charge in [0.2, 0.25) is 15.9 Å². The summed E-state index contributed by atoms with van der Waals surface area (Å²) in [6.07, 6.45) is -5.82. The van der Waals surface area contributed by atoms with E-state index in [1.807, 2.05) is 0 Å². The number of hydrogen-bond acceptors (Lipinski definition) is 7. The molecular weight excluding hydrogens is 812 g/mol. The second-order valence-corrected chi connectivity index (χ2v) is 16.0. The van der Waals surface area contributed by atoms with E-state index < -0.39 is 95.1 Å². The number of anilines is 1. The molecule has 3 aromatic carbocycles. The molecule has 8 rings (SSSR count). The Morgan fingerprint density at radius 2 is 1.65 bits per heavy atom. The van der Waals surface area contributed by atoms with E-state index in [2.05, 4.69) is 20.2 Å². The SMILES string of the molecule is CS(=O)(=O)Nc1nn(CC(F)F)c2c(-c3nc4ccccc4nc3C(Cc3cc(F)cc(F)c3)NC(=O)Cn3nc(C(F)F)c4c3C(F)(F)[C@@H]3C[C@H]43)ccc(Cl)c12. The predicted molar refractivity (Wildman–Crippen MR) is 191 cm³/mol. The molecule has 2 aliphatic carbocycles. The Hall–Kier alpha value is -5.37. The Morgan fingerprint density at radius 1 is 0.965 bits per heavy atom.